The first kappa shape index (κ1) is 6.53. The SMILES string of the molecule is O=C1c2ccccc2C[C@@H]1F. The van der Waals surface area contributed by atoms with Crippen molar-refractivity contribution in [3.8, 4) is 0 Å². The van der Waals surface area contributed by atoms with Crippen molar-refractivity contribution in [3.63, 3.8) is 0 Å². The molecule has 0 saturated carbocycles. The molecule has 0 aliphatic heterocycles. The Morgan fingerprint density at radius 1 is 1.36 bits per heavy atom. The van der Waals surface area contributed by atoms with Gasteiger partial charge in [0.15, 0.2) is 12.0 Å². The standard InChI is InChI=1S/C9H7FO/c10-8-5-6-3-1-2-4-7(6)9(8)11/h1-4,8H,5H2/t8-/m0/s1. The summed E-state index contributed by atoms with van der Waals surface area (Å²) in [7, 11) is 0. The van der Waals surface area contributed by atoms with Crippen LogP contribution >= 0.6 is 0 Å². The first-order chi connectivity index (χ1) is 5.29. The van der Waals surface area contributed by atoms with Gasteiger partial charge in [-0.3, -0.25) is 4.79 Å². The number of ketones is 1. The summed E-state index contributed by atoms with van der Waals surface area (Å²) in [6.45, 7) is 0. The van der Waals surface area contributed by atoms with Gasteiger partial charge in [-0.05, 0) is 5.56 Å². The number of carbonyl (C=O) groups is 1. The smallest absolute Gasteiger partial charge is 0.197 e. The van der Waals surface area contributed by atoms with E-state index in [1.54, 1.807) is 18.2 Å². The number of carbonyl (C=O) groups excluding carboxylic acids is 1. The lowest BCUT2D eigenvalue weighted by atomic mass is 10.1. The molecule has 0 saturated heterocycles. The van der Waals surface area contributed by atoms with E-state index in [2.05, 4.69) is 0 Å². The molecule has 0 amide bonds. The first-order valence-electron chi connectivity index (χ1n) is 3.55. The van der Waals surface area contributed by atoms with E-state index in [1.807, 2.05) is 6.07 Å². The zero-order valence-corrected chi connectivity index (χ0v) is 5.88. The van der Waals surface area contributed by atoms with Gasteiger partial charge in [0.25, 0.3) is 0 Å². The topological polar surface area (TPSA) is 17.1 Å². The Morgan fingerprint density at radius 2 is 2.09 bits per heavy atom. The summed E-state index contributed by atoms with van der Waals surface area (Å²) in [5.74, 6) is -0.361. The molecule has 1 aromatic rings. The Hall–Kier alpha value is -1.18. The molecule has 0 aromatic heterocycles. The lowest BCUT2D eigenvalue weighted by molar-refractivity contribution is 0.0899. The van der Waals surface area contributed by atoms with Gasteiger partial charge < -0.3 is 0 Å². The molecule has 0 heterocycles. The van der Waals surface area contributed by atoms with E-state index in [0.717, 1.165) is 5.56 Å². The van der Waals surface area contributed by atoms with Crippen LogP contribution in [0.25, 0.3) is 0 Å². The molecule has 2 rings (SSSR count). The molecule has 1 aromatic carbocycles. The van der Waals surface area contributed by atoms with Gasteiger partial charge in [-0.15, -0.1) is 0 Å². The summed E-state index contributed by atoms with van der Waals surface area (Å²) in [6, 6.07) is 7.06. The summed E-state index contributed by atoms with van der Waals surface area (Å²) >= 11 is 0. The molecule has 0 unspecified atom stereocenters. The molecule has 1 nitrogen and oxygen atoms in total. The van der Waals surface area contributed by atoms with Crippen molar-refractivity contribution in [1.82, 2.24) is 0 Å². The number of fused-ring (bicyclic) bond motifs is 1. The third-order valence-electron chi connectivity index (χ3n) is 1.97. The predicted molar refractivity (Wildman–Crippen MR) is 39.4 cm³/mol. The zero-order valence-electron chi connectivity index (χ0n) is 5.88. The van der Waals surface area contributed by atoms with Crippen LogP contribution in [-0.2, 0) is 6.42 Å². The number of rotatable bonds is 0. The lowest BCUT2D eigenvalue weighted by Gasteiger charge is -1.91. The average Bonchev–Trinajstić information content (AvgIpc) is 2.30. The molecule has 11 heavy (non-hydrogen) atoms. The average molecular weight is 150 g/mol. The second kappa shape index (κ2) is 2.16. The normalized spacial score (nSPS) is 21.9. The highest BCUT2D eigenvalue weighted by Crippen LogP contribution is 2.23. The fraction of sp³-hybridized carbons (Fsp3) is 0.222. The molecule has 2 heteroatoms. The lowest BCUT2D eigenvalue weighted by Crippen LogP contribution is -2.07. The minimum Gasteiger partial charge on any atom is -0.291 e. The summed E-state index contributed by atoms with van der Waals surface area (Å²) in [4.78, 5) is 11.0. The molecule has 0 radical (unpaired) electrons. The van der Waals surface area contributed by atoms with E-state index < -0.39 is 6.17 Å². The molecular weight excluding hydrogens is 143 g/mol. The van der Waals surface area contributed by atoms with Crippen molar-refractivity contribution in [1.29, 1.82) is 0 Å². The van der Waals surface area contributed by atoms with Crippen LogP contribution in [0.1, 0.15) is 15.9 Å². The van der Waals surface area contributed by atoms with Gasteiger partial charge in [0, 0.05) is 12.0 Å². The molecule has 0 bridgehead atoms. The second-order valence-electron chi connectivity index (χ2n) is 2.69. The van der Waals surface area contributed by atoms with E-state index in [4.69, 9.17) is 0 Å². The van der Waals surface area contributed by atoms with Gasteiger partial charge in [-0.2, -0.15) is 0 Å². The number of benzene rings is 1. The van der Waals surface area contributed by atoms with Crippen LogP contribution in [0.3, 0.4) is 0 Å². The number of Topliss-reactive ketones (excluding diaryl/α,β-unsaturated/α-hetero) is 1. The van der Waals surface area contributed by atoms with Gasteiger partial charge in [-0.1, -0.05) is 24.3 Å². The van der Waals surface area contributed by atoms with Crippen LogP contribution in [0.15, 0.2) is 24.3 Å². The van der Waals surface area contributed by atoms with Crippen LogP contribution < -0.4 is 0 Å². The monoisotopic (exact) mass is 150 g/mol. The van der Waals surface area contributed by atoms with Gasteiger partial charge in [-0.25, -0.2) is 4.39 Å². The maximum Gasteiger partial charge on any atom is 0.197 e. The molecule has 1 aliphatic rings. The minimum absolute atomic E-state index is 0.259. The number of hydrogen-bond donors (Lipinski definition) is 0. The summed E-state index contributed by atoms with van der Waals surface area (Å²) in [5.41, 5.74) is 1.39. The van der Waals surface area contributed by atoms with Crippen molar-refractivity contribution >= 4 is 5.78 Å². The van der Waals surface area contributed by atoms with Crippen LogP contribution in [0.5, 0.6) is 0 Å². The van der Waals surface area contributed by atoms with E-state index in [1.165, 1.54) is 0 Å². The van der Waals surface area contributed by atoms with Crippen molar-refractivity contribution in [2.75, 3.05) is 0 Å². The highest BCUT2D eigenvalue weighted by atomic mass is 19.1. The third kappa shape index (κ3) is 0.862. The van der Waals surface area contributed by atoms with Crippen LogP contribution in [0, 0.1) is 0 Å². The molecule has 0 N–H and O–H groups in total. The number of halogens is 1. The quantitative estimate of drug-likeness (QED) is 0.550. The predicted octanol–water partition coefficient (Wildman–Crippen LogP) is 1.76. The molecule has 0 fully saturated rings. The number of hydrogen-bond acceptors (Lipinski definition) is 1. The largest absolute Gasteiger partial charge is 0.291 e. The molecule has 1 atom stereocenters. The van der Waals surface area contributed by atoms with Gasteiger partial charge in [0.05, 0.1) is 0 Å². The van der Waals surface area contributed by atoms with Crippen molar-refractivity contribution < 1.29 is 9.18 Å². The molecular formula is C9H7FO. The fourth-order valence-electron chi connectivity index (χ4n) is 1.39. The van der Waals surface area contributed by atoms with Crippen molar-refractivity contribution in [2.24, 2.45) is 0 Å². The highest BCUT2D eigenvalue weighted by molar-refractivity contribution is 6.03. The van der Waals surface area contributed by atoms with E-state index in [-0.39, 0.29) is 12.2 Å². The van der Waals surface area contributed by atoms with Gasteiger partial charge in [0.2, 0.25) is 0 Å². The summed E-state index contributed by atoms with van der Waals surface area (Å²) in [6.07, 6.45) is -1.04. The van der Waals surface area contributed by atoms with E-state index in [9.17, 15) is 9.18 Å². The Morgan fingerprint density at radius 3 is 2.82 bits per heavy atom. The van der Waals surface area contributed by atoms with Gasteiger partial charge >= 0.3 is 0 Å². The fourth-order valence-corrected chi connectivity index (χ4v) is 1.39. The minimum atomic E-state index is -1.30. The maximum absolute atomic E-state index is 12.8. The van der Waals surface area contributed by atoms with E-state index in [0.29, 0.717) is 5.56 Å². The maximum atomic E-state index is 12.8. The number of alkyl halides is 1. The Balaban J connectivity index is 2.55. The van der Waals surface area contributed by atoms with Crippen molar-refractivity contribution in [2.45, 2.75) is 12.6 Å². The third-order valence-corrected chi connectivity index (χ3v) is 1.97. The van der Waals surface area contributed by atoms with Crippen LogP contribution in [0.4, 0.5) is 4.39 Å². The molecule has 56 valence electrons. The highest BCUT2D eigenvalue weighted by Gasteiger charge is 2.29. The van der Waals surface area contributed by atoms with Gasteiger partial charge in [0.1, 0.15) is 0 Å². The Labute approximate surface area is 63.8 Å². The summed E-state index contributed by atoms with van der Waals surface area (Å²) in [5, 5.41) is 0. The zero-order chi connectivity index (χ0) is 7.84. The molecule has 0 spiro atoms. The van der Waals surface area contributed by atoms with Crippen molar-refractivity contribution in [3.05, 3.63) is 35.4 Å². The van der Waals surface area contributed by atoms with Crippen LogP contribution in [0.2, 0.25) is 0 Å². The molecule has 1 aliphatic carbocycles. The van der Waals surface area contributed by atoms with Crippen LogP contribution in [-0.4, -0.2) is 12.0 Å². The van der Waals surface area contributed by atoms with E-state index >= 15 is 0 Å². The summed E-state index contributed by atoms with van der Waals surface area (Å²) < 4.78 is 12.8. The first-order valence-corrected chi connectivity index (χ1v) is 3.55. The Bertz CT molecular complexity index is 306. The Kier molecular flexibility index (Phi) is 1.28. The second-order valence-corrected chi connectivity index (χ2v) is 2.69.